The van der Waals surface area contributed by atoms with Gasteiger partial charge in [0.2, 0.25) is 0 Å². The molecule has 3 fully saturated rings. The second kappa shape index (κ2) is 2.21. The first-order valence-electron chi connectivity index (χ1n) is 4.32. The largest absolute Gasteiger partial charge is 0.329 e. The maximum Gasteiger partial charge on any atom is 0.0250 e. The number of hydrogen-bond donors (Lipinski definition) is 1. The Bertz CT molecular complexity index is 115. The average Bonchev–Trinajstić information content (AvgIpc) is 2.35. The molecule has 2 nitrogen and oxygen atoms in total. The minimum absolute atomic E-state index is 0.731. The number of nitrogens with two attached hydrogens (primary N) is 1. The molecule has 58 valence electrons. The van der Waals surface area contributed by atoms with E-state index in [1.54, 1.807) is 0 Å². The third-order valence-corrected chi connectivity index (χ3v) is 3.20. The Morgan fingerprint density at radius 2 is 2.20 bits per heavy atom. The summed E-state index contributed by atoms with van der Waals surface area (Å²) >= 11 is 0. The second-order valence-corrected chi connectivity index (χ2v) is 3.52. The van der Waals surface area contributed by atoms with Crippen LogP contribution in [0.5, 0.6) is 0 Å². The minimum atomic E-state index is 0.731. The molecule has 3 rings (SSSR count). The molecule has 2 saturated heterocycles. The molecule has 2 N–H and O–H groups in total. The van der Waals surface area contributed by atoms with E-state index in [0.717, 1.165) is 24.5 Å². The van der Waals surface area contributed by atoms with Gasteiger partial charge >= 0.3 is 0 Å². The Morgan fingerprint density at radius 3 is 2.60 bits per heavy atom. The van der Waals surface area contributed by atoms with Crippen molar-refractivity contribution in [1.82, 2.24) is 4.90 Å². The molecule has 0 aromatic rings. The lowest BCUT2D eigenvalue weighted by atomic mass is 9.83. The molecule has 3 aliphatic rings. The van der Waals surface area contributed by atoms with Gasteiger partial charge in [0, 0.05) is 18.6 Å². The fourth-order valence-electron chi connectivity index (χ4n) is 2.58. The van der Waals surface area contributed by atoms with E-state index in [4.69, 9.17) is 5.73 Å². The lowest BCUT2D eigenvalue weighted by molar-refractivity contribution is 0.235. The van der Waals surface area contributed by atoms with Crippen LogP contribution in [0.15, 0.2) is 0 Å². The molecule has 0 amide bonds. The normalized spacial score (nSPS) is 45.6. The van der Waals surface area contributed by atoms with E-state index in [-0.39, 0.29) is 0 Å². The molecule has 2 heterocycles. The Labute approximate surface area is 62.4 Å². The van der Waals surface area contributed by atoms with E-state index in [0.29, 0.717) is 0 Å². The monoisotopic (exact) mass is 140 g/mol. The third kappa shape index (κ3) is 0.663. The summed E-state index contributed by atoms with van der Waals surface area (Å²) in [6.45, 7) is 4.31. The molecule has 2 heteroatoms. The van der Waals surface area contributed by atoms with E-state index in [2.05, 4.69) is 11.8 Å². The maximum absolute atomic E-state index is 5.68. The van der Waals surface area contributed by atoms with Gasteiger partial charge in [-0.25, -0.2) is 0 Å². The van der Waals surface area contributed by atoms with E-state index >= 15 is 0 Å². The van der Waals surface area contributed by atoms with Crippen LogP contribution in [0, 0.1) is 5.92 Å². The highest BCUT2D eigenvalue weighted by Gasteiger charge is 2.48. The van der Waals surface area contributed by atoms with Gasteiger partial charge in [0.15, 0.2) is 0 Å². The fraction of sp³-hybridized carbons (Fsp3) is 1.00. The summed E-state index contributed by atoms with van der Waals surface area (Å²) in [4.78, 5) is 2.57. The van der Waals surface area contributed by atoms with Crippen molar-refractivity contribution in [1.29, 1.82) is 0 Å². The molecule has 1 unspecified atom stereocenters. The zero-order valence-electron chi connectivity index (χ0n) is 6.59. The molecule has 10 heavy (non-hydrogen) atoms. The molecular formula is C8H16N2. The van der Waals surface area contributed by atoms with Crippen LogP contribution in [0.25, 0.3) is 0 Å². The van der Waals surface area contributed by atoms with Gasteiger partial charge in [-0.2, -0.15) is 0 Å². The van der Waals surface area contributed by atoms with E-state index < -0.39 is 0 Å². The van der Waals surface area contributed by atoms with E-state index in [9.17, 15) is 0 Å². The predicted molar refractivity (Wildman–Crippen MR) is 41.7 cm³/mol. The van der Waals surface area contributed by atoms with Crippen LogP contribution in [0.3, 0.4) is 0 Å². The van der Waals surface area contributed by atoms with Gasteiger partial charge in [-0.1, -0.05) is 6.92 Å². The van der Waals surface area contributed by atoms with Crippen LogP contribution < -0.4 is 5.73 Å². The highest BCUT2D eigenvalue weighted by atomic mass is 15.3. The number of fused-ring (bicyclic) bond motifs is 1. The molecule has 2 bridgehead atoms. The molecule has 1 atom stereocenters. The van der Waals surface area contributed by atoms with Crippen molar-refractivity contribution in [3.8, 4) is 0 Å². The van der Waals surface area contributed by atoms with Crippen LogP contribution in [0.1, 0.15) is 19.8 Å². The van der Waals surface area contributed by atoms with Crippen molar-refractivity contribution in [3.63, 3.8) is 0 Å². The Kier molecular flexibility index (Phi) is 1.46. The number of nitrogens with zero attached hydrogens (tertiary/aromatic N) is 1. The van der Waals surface area contributed by atoms with Crippen LogP contribution in [-0.4, -0.2) is 30.1 Å². The first-order chi connectivity index (χ1) is 4.86. The Balaban J connectivity index is 2.04. The van der Waals surface area contributed by atoms with Gasteiger partial charge in [0.25, 0.3) is 0 Å². The van der Waals surface area contributed by atoms with Gasteiger partial charge in [-0.15, -0.1) is 0 Å². The van der Waals surface area contributed by atoms with Gasteiger partial charge < -0.3 is 5.73 Å². The quantitative estimate of drug-likeness (QED) is 0.602. The highest BCUT2D eigenvalue weighted by molar-refractivity contribution is 5.03. The molecule has 1 aliphatic carbocycles. The number of hydrogen-bond acceptors (Lipinski definition) is 2. The molecule has 0 aromatic carbocycles. The standard InChI is InChI=1S/C8H16N2/c1-2-10-7-3-6(4-7)8(10)5-9/h6-8H,2-5,9H2,1H3. The third-order valence-electron chi connectivity index (χ3n) is 3.20. The summed E-state index contributed by atoms with van der Waals surface area (Å²) in [6.07, 6.45) is 2.85. The van der Waals surface area contributed by atoms with E-state index in [1.165, 1.54) is 19.4 Å². The fourth-order valence-corrected chi connectivity index (χ4v) is 2.58. The highest BCUT2D eigenvalue weighted by Crippen LogP contribution is 2.44. The molecule has 0 spiro atoms. The topological polar surface area (TPSA) is 29.3 Å². The van der Waals surface area contributed by atoms with Crippen LogP contribution in [0.2, 0.25) is 0 Å². The molecule has 2 aliphatic heterocycles. The maximum atomic E-state index is 5.68. The minimum Gasteiger partial charge on any atom is -0.329 e. The molecular weight excluding hydrogens is 124 g/mol. The Morgan fingerprint density at radius 1 is 1.50 bits per heavy atom. The van der Waals surface area contributed by atoms with Crippen molar-refractivity contribution < 1.29 is 0 Å². The number of rotatable bonds is 2. The summed E-state index contributed by atoms with van der Waals surface area (Å²) in [7, 11) is 0. The van der Waals surface area contributed by atoms with Crippen LogP contribution in [-0.2, 0) is 0 Å². The summed E-state index contributed by atoms with van der Waals surface area (Å²) in [5.41, 5.74) is 5.68. The van der Waals surface area contributed by atoms with Crippen molar-refractivity contribution in [2.24, 2.45) is 11.7 Å². The second-order valence-electron chi connectivity index (χ2n) is 3.52. The van der Waals surface area contributed by atoms with Gasteiger partial charge in [-0.3, -0.25) is 4.90 Å². The molecule has 0 aromatic heterocycles. The lowest BCUT2D eigenvalue weighted by Crippen LogP contribution is -2.35. The first-order valence-corrected chi connectivity index (χ1v) is 4.32. The summed E-state index contributed by atoms with van der Waals surface area (Å²) in [5.74, 6) is 0.954. The zero-order valence-corrected chi connectivity index (χ0v) is 6.59. The predicted octanol–water partition coefficient (Wildman–Crippen LogP) is 0.428. The zero-order chi connectivity index (χ0) is 7.14. The van der Waals surface area contributed by atoms with Crippen LogP contribution in [0.4, 0.5) is 0 Å². The average molecular weight is 140 g/mol. The van der Waals surface area contributed by atoms with Gasteiger partial charge in [-0.05, 0) is 25.3 Å². The van der Waals surface area contributed by atoms with Crippen molar-refractivity contribution in [2.45, 2.75) is 31.8 Å². The Hall–Kier alpha value is -0.0800. The number of likely N-dealkylation sites (N-methyl/N-ethyl adjacent to an activating group) is 1. The summed E-state index contributed by atoms with van der Waals surface area (Å²) in [5, 5.41) is 0. The summed E-state index contributed by atoms with van der Waals surface area (Å²) < 4.78 is 0. The first kappa shape index (κ1) is 6.62. The lowest BCUT2D eigenvalue weighted by Gasteiger charge is -2.24. The van der Waals surface area contributed by atoms with Crippen molar-refractivity contribution in [2.75, 3.05) is 13.1 Å². The smallest absolute Gasteiger partial charge is 0.0250 e. The van der Waals surface area contributed by atoms with Crippen LogP contribution >= 0.6 is 0 Å². The molecule has 1 saturated carbocycles. The van der Waals surface area contributed by atoms with Gasteiger partial charge in [0.1, 0.15) is 0 Å². The van der Waals surface area contributed by atoms with Gasteiger partial charge in [0.05, 0.1) is 0 Å². The van der Waals surface area contributed by atoms with E-state index in [1.807, 2.05) is 0 Å². The molecule has 0 radical (unpaired) electrons. The van der Waals surface area contributed by atoms with Crippen molar-refractivity contribution >= 4 is 0 Å². The summed E-state index contributed by atoms with van der Waals surface area (Å²) in [6, 6.07) is 1.64. The SMILES string of the molecule is CCN1C2CC(C2)C1CN. The van der Waals surface area contributed by atoms with Crippen molar-refractivity contribution in [3.05, 3.63) is 0 Å².